The molecule has 4 heterocycles. The van der Waals surface area contributed by atoms with Gasteiger partial charge in [-0.1, -0.05) is 23.7 Å². The van der Waals surface area contributed by atoms with Crippen molar-refractivity contribution < 1.29 is 13.9 Å². The summed E-state index contributed by atoms with van der Waals surface area (Å²) >= 11 is 6.46. The first-order valence-corrected chi connectivity index (χ1v) is 10.6. The van der Waals surface area contributed by atoms with E-state index < -0.39 is 0 Å². The first kappa shape index (κ1) is 18.5. The van der Waals surface area contributed by atoms with Crippen molar-refractivity contribution in [1.29, 1.82) is 0 Å². The topological polar surface area (TPSA) is 66.5 Å². The van der Waals surface area contributed by atoms with Gasteiger partial charge in [0.05, 0.1) is 29.6 Å². The number of nitrogens with zero attached hydrogens (tertiary/aromatic N) is 2. The number of aryl methyl sites for hydroxylation is 2. The average Bonchev–Trinajstić information content (AvgIpc) is 3.09. The first-order chi connectivity index (χ1) is 15.0. The lowest BCUT2D eigenvalue weighted by Crippen LogP contribution is -2.35. The van der Waals surface area contributed by atoms with Crippen LogP contribution >= 0.6 is 11.6 Å². The smallest absolute Gasteiger partial charge is 0.336 e. The van der Waals surface area contributed by atoms with Crippen LogP contribution < -0.4 is 15.1 Å². The van der Waals surface area contributed by atoms with E-state index in [-0.39, 0.29) is 17.5 Å². The number of halogens is 1. The zero-order chi connectivity index (χ0) is 21.3. The van der Waals surface area contributed by atoms with Crippen molar-refractivity contribution in [2.24, 2.45) is 5.92 Å². The summed E-state index contributed by atoms with van der Waals surface area (Å²) in [5, 5.41) is 6.28. The Labute approximate surface area is 183 Å². The molecular formula is C24H19ClN2O4. The molecular weight excluding hydrogens is 416 g/mol. The number of para-hydroxylation sites is 1. The second kappa shape index (κ2) is 6.62. The van der Waals surface area contributed by atoms with Crippen molar-refractivity contribution in [1.82, 2.24) is 9.78 Å². The van der Waals surface area contributed by atoms with Gasteiger partial charge in [0.2, 0.25) is 5.88 Å². The molecule has 0 fully saturated rings. The molecule has 0 bridgehead atoms. The maximum atomic E-state index is 12.2. The normalized spacial score (nSPS) is 19.2. The van der Waals surface area contributed by atoms with E-state index in [0.29, 0.717) is 29.7 Å². The lowest BCUT2D eigenvalue weighted by molar-refractivity contribution is 0.121. The van der Waals surface area contributed by atoms with Gasteiger partial charge in [-0.3, -0.25) is 0 Å². The molecule has 0 amide bonds. The maximum Gasteiger partial charge on any atom is 0.336 e. The third kappa shape index (κ3) is 2.64. The largest absolute Gasteiger partial charge is 0.493 e. The van der Waals surface area contributed by atoms with Gasteiger partial charge in [-0.25, -0.2) is 4.79 Å². The van der Waals surface area contributed by atoms with Crippen molar-refractivity contribution in [3.8, 4) is 17.3 Å². The van der Waals surface area contributed by atoms with Gasteiger partial charge in [-0.2, -0.15) is 9.78 Å². The molecule has 0 saturated carbocycles. The number of rotatable bonds is 1. The van der Waals surface area contributed by atoms with Gasteiger partial charge in [0, 0.05) is 34.4 Å². The Hall–Kier alpha value is -3.25. The molecule has 31 heavy (non-hydrogen) atoms. The zero-order valence-electron chi connectivity index (χ0n) is 17.0. The predicted octanol–water partition coefficient (Wildman–Crippen LogP) is 4.78. The number of hydrogen-bond donors (Lipinski definition) is 0. The minimum Gasteiger partial charge on any atom is -0.493 e. The number of hydrogen-bond acceptors (Lipinski definition) is 5. The van der Waals surface area contributed by atoms with Crippen LogP contribution in [0.25, 0.3) is 16.7 Å². The highest BCUT2D eigenvalue weighted by Gasteiger charge is 2.43. The molecule has 0 spiro atoms. The number of aromatic nitrogens is 2. The summed E-state index contributed by atoms with van der Waals surface area (Å²) in [4.78, 5) is 12.2. The SMILES string of the molecule is Cc1nn(-c2ccccc2Cl)c2c1[C@@H]1c3c(ccc4c(C)cc(=O)oc34)OC[C@@H]1CO2. The second-order valence-electron chi connectivity index (χ2n) is 8.13. The molecule has 2 aromatic heterocycles. The Morgan fingerprint density at radius 2 is 1.87 bits per heavy atom. The van der Waals surface area contributed by atoms with Crippen LogP contribution in [0.2, 0.25) is 5.02 Å². The van der Waals surface area contributed by atoms with Gasteiger partial charge < -0.3 is 13.9 Å². The molecule has 4 aromatic rings. The summed E-state index contributed by atoms with van der Waals surface area (Å²) in [6.07, 6.45) is 0. The maximum absolute atomic E-state index is 12.2. The fourth-order valence-electron chi connectivity index (χ4n) is 4.85. The Morgan fingerprint density at radius 1 is 1.06 bits per heavy atom. The molecule has 0 aliphatic carbocycles. The van der Waals surface area contributed by atoms with Gasteiger partial charge in [0.1, 0.15) is 11.3 Å². The summed E-state index contributed by atoms with van der Waals surface area (Å²) in [7, 11) is 0. The van der Waals surface area contributed by atoms with Crippen molar-refractivity contribution >= 4 is 22.6 Å². The van der Waals surface area contributed by atoms with Crippen LogP contribution in [0.4, 0.5) is 0 Å². The van der Waals surface area contributed by atoms with E-state index in [9.17, 15) is 4.79 Å². The van der Waals surface area contributed by atoms with Gasteiger partial charge in [0.15, 0.2) is 0 Å². The third-order valence-corrected chi connectivity index (χ3v) is 6.56. The molecule has 2 atom stereocenters. The molecule has 6 nitrogen and oxygen atoms in total. The summed E-state index contributed by atoms with van der Waals surface area (Å²) < 4.78 is 19.8. The van der Waals surface area contributed by atoms with Crippen molar-refractivity contribution in [2.75, 3.05) is 13.2 Å². The highest BCUT2D eigenvalue weighted by Crippen LogP contribution is 2.51. The van der Waals surface area contributed by atoms with E-state index in [4.69, 9.17) is 30.6 Å². The highest BCUT2D eigenvalue weighted by atomic mass is 35.5. The first-order valence-electron chi connectivity index (χ1n) is 10.2. The fraction of sp³-hybridized carbons (Fsp3) is 0.250. The summed E-state index contributed by atoms with van der Waals surface area (Å²) in [5.74, 6) is 1.43. The summed E-state index contributed by atoms with van der Waals surface area (Å²) in [6.45, 7) is 4.89. The summed E-state index contributed by atoms with van der Waals surface area (Å²) in [5.41, 5.74) is 4.58. The van der Waals surface area contributed by atoms with E-state index in [1.165, 1.54) is 6.07 Å². The predicted molar refractivity (Wildman–Crippen MR) is 117 cm³/mol. The van der Waals surface area contributed by atoms with E-state index in [1.807, 2.05) is 50.2 Å². The molecule has 0 radical (unpaired) electrons. The molecule has 0 saturated heterocycles. The van der Waals surface area contributed by atoms with Gasteiger partial charge in [0.25, 0.3) is 0 Å². The Kier molecular flexibility index (Phi) is 3.96. The van der Waals surface area contributed by atoms with Crippen molar-refractivity contribution in [3.05, 3.63) is 80.3 Å². The van der Waals surface area contributed by atoms with Gasteiger partial charge >= 0.3 is 5.63 Å². The van der Waals surface area contributed by atoms with Crippen molar-refractivity contribution in [3.63, 3.8) is 0 Å². The molecule has 7 heteroatoms. The zero-order valence-corrected chi connectivity index (χ0v) is 17.8. The lowest BCUT2D eigenvalue weighted by atomic mass is 9.77. The minimum absolute atomic E-state index is 0.0580. The van der Waals surface area contributed by atoms with E-state index in [1.54, 1.807) is 4.68 Å². The molecule has 2 aliphatic heterocycles. The number of benzene rings is 2. The van der Waals surface area contributed by atoms with Crippen LogP contribution in [0.3, 0.4) is 0 Å². The number of fused-ring (bicyclic) bond motifs is 7. The lowest BCUT2D eigenvalue weighted by Gasteiger charge is -2.37. The molecule has 2 aromatic carbocycles. The number of ether oxygens (including phenoxy) is 2. The van der Waals surface area contributed by atoms with Crippen LogP contribution in [0.5, 0.6) is 11.6 Å². The fourth-order valence-corrected chi connectivity index (χ4v) is 5.06. The van der Waals surface area contributed by atoms with Crippen LogP contribution in [0, 0.1) is 19.8 Å². The quantitative estimate of drug-likeness (QED) is 0.403. The Balaban J connectivity index is 1.64. The highest BCUT2D eigenvalue weighted by molar-refractivity contribution is 6.32. The van der Waals surface area contributed by atoms with E-state index in [0.717, 1.165) is 39.2 Å². The van der Waals surface area contributed by atoms with E-state index in [2.05, 4.69) is 0 Å². The summed E-state index contributed by atoms with van der Waals surface area (Å²) in [6, 6.07) is 13.0. The molecule has 6 rings (SSSR count). The minimum atomic E-state index is -0.365. The molecule has 0 N–H and O–H groups in total. The van der Waals surface area contributed by atoms with Crippen molar-refractivity contribution in [2.45, 2.75) is 19.8 Å². The van der Waals surface area contributed by atoms with Gasteiger partial charge in [-0.05, 0) is 43.7 Å². The Morgan fingerprint density at radius 3 is 2.71 bits per heavy atom. The molecule has 2 aliphatic rings. The van der Waals surface area contributed by atoms with E-state index >= 15 is 0 Å². The molecule has 0 unspecified atom stereocenters. The third-order valence-electron chi connectivity index (χ3n) is 6.24. The van der Waals surface area contributed by atoms with Gasteiger partial charge in [-0.15, -0.1) is 0 Å². The molecule has 156 valence electrons. The van der Waals surface area contributed by atoms with Crippen LogP contribution in [0.1, 0.15) is 28.3 Å². The van der Waals surface area contributed by atoms with Crippen LogP contribution in [-0.4, -0.2) is 23.0 Å². The average molecular weight is 435 g/mol. The Bertz CT molecular complexity index is 1420. The van der Waals surface area contributed by atoms with Crippen LogP contribution in [0.15, 0.2) is 51.7 Å². The monoisotopic (exact) mass is 434 g/mol. The van der Waals surface area contributed by atoms with Crippen LogP contribution in [-0.2, 0) is 0 Å². The standard InChI is InChI=1S/C24H19ClN2O4/c1-12-9-19(28)31-23-15(12)7-8-18-22(23)21-14(10-29-18)11-30-24-20(21)13(2)26-27(24)17-6-4-3-5-16(17)25/h3-9,14,21H,10-11H2,1-2H3/t14-,21-/m1/s1. The second-order valence-corrected chi connectivity index (χ2v) is 8.54.